The molecule has 0 saturated carbocycles. The van der Waals surface area contributed by atoms with Crippen LogP contribution in [0.25, 0.3) is 0 Å². The summed E-state index contributed by atoms with van der Waals surface area (Å²) in [6, 6.07) is 6.53. The van der Waals surface area contributed by atoms with Crippen LogP contribution in [-0.2, 0) is 19.9 Å². The molecule has 0 aliphatic carbocycles. The van der Waals surface area contributed by atoms with Crippen molar-refractivity contribution in [1.29, 1.82) is 0 Å². The molecule has 1 saturated heterocycles. The zero-order valence-electron chi connectivity index (χ0n) is 11.7. The van der Waals surface area contributed by atoms with Crippen LogP contribution in [0.4, 0.5) is 5.69 Å². The molecule has 0 radical (unpaired) electrons. The third-order valence-electron chi connectivity index (χ3n) is 3.57. The number of hydrogen-bond donors (Lipinski definition) is 2. The van der Waals surface area contributed by atoms with E-state index >= 15 is 0 Å². The first-order chi connectivity index (χ1) is 9.70. The van der Waals surface area contributed by atoms with Crippen LogP contribution in [0.5, 0.6) is 0 Å². The number of aliphatic hydroxyl groups excluding tert-OH is 1. The molecule has 1 unspecified atom stereocenters. The zero-order chi connectivity index (χ0) is 15.7. The van der Waals surface area contributed by atoms with E-state index in [1.807, 2.05) is 0 Å². The maximum atomic E-state index is 12.3. The average Bonchev–Trinajstić information content (AvgIpc) is 2.37. The number of rotatable bonds is 4. The highest BCUT2D eigenvalue weighted by atomic mass is 32.2. The van der Waals surface area contributed by atoms with Crippen LogP contribution in [0, 0.1) is 0 Å². The van der Waals surface area contributed by atoms with Gasteiger partial charge in [-0.3, -0.25) is 4.72 Å². The second-order valence-electron chi connectivity index (χ2n) is 5.30. The van der Waals surface area contributed by atoms with Gasteiger partial charge in [-0.15, -0.1) is 0 Å². The maximum absolute atomic E-state index is 12.3. The first kappa shape index (κ1) is 16.3. The van der Waals surface area contributed by atoms with E-state index < -0.39 is 31.2 Å². The van der Waals surface area contributed by atoms with Gasteiger partial charge in [0.05, 0.1) is 22.9 Å². The lowest BCUT2D eigenvalue weighted by molar-refractivity contribution is 0.199. The highest BCUT2D eigenvalue weighted by molar-refractivity contribution is 7.94. The first-order valence-electron chi connectivity index (χ1n) is 6.70. The predicted molar refractivity (Wildman–Crippen MR) is 81.3 cm³/mol. The molecule has 1 aliphatic rings. The Morgan fingerprint density at radius 3 is 2.48 bits per heavy atom. The highest BCUT2D eigenvalue weighted by Gasteiger charge is 2.32. The van der Waals surface area contributed by atoms with Gasteiger partial charge in [-0.25, -0.2) is 16.8 Å². The van der Waals surface area contributed by atoms with Gasteiger partial charge in [0, 0.05) is 5.69 Å². The summed E-state index contributed by atoms with van der Waals surface area (Å²) in [6.07, 6.45) is -0.448. The molecule has 2 N–H and O–H groups in total. The lowest BCUT2D eigenvalue weighted by Crippen LogP contribution is -2.36. The first-order valence-corrected chi connectivity index (χ1v) is 10.1. The quantitative estimate of drug-likeness (QED) is 0.858. The van der Waals surface area contributed by atoms with Crippen LogP contribution in [0.2, 0.25) is 0 Å². The average molecular weight is 333 g/mol. The van der Waals surface area contributed by atoms with E-state index in [-0.39, 0.29) is 24.3 Å². The van der Waals surface area contributed by atoms with Crippen molar-refractivity contribution in [2.45, 2.75) is 31.1 Å². The van der Waals surface area contributed by atoms with Gasteiger partial charge in [-0.05, 0) is 37.5 Å². The molecule has 0 spiro atoms. The van der Waals surface area contributed by atoms with E-state index in [4.69, 9.17) is 0 Å². The van der Waals surface area contributed by atoms with Gasteiger partial charge < -0.3 is 5.11 Å². The Hall–Kier alpha value is -1.12. The number of nitrogens with one attached hydrogen (secondary N) is 1. The normalized spacial score (nSPS) is 20.9. The molecule has 1 atom stereocenters. The molecule has 1 aromatic carbocycles. The number of aliphatic hydroxyl groups is 1. The van der Waals surface area contributed by atoms with Gasteiger partial charge in [0.25, 0.3) is 0 Å². The van der Waals surface area contributed by atoms with Gasteiger partial charge in [-0.1, -0.05) is 12.1 Å². The Bertz CT molecular complexity index is 696. The van der Waals surface area contributed by atoms with Crippen molar-refractivity contribution in [2.24, 2.45) is 0 Å². The number of sulfonamides is 1. The fraction of sp³-hybridized carbons (Fsp3) is 0.538. The Kier molecular flexibility index (Phi) is 4.60. The van der Waals surface area contributed by atoms with Crippen LogP contribution in [0.3, 0.4) is 0 Å². The van der Waals surface area contributed by atoms with Crippen molar-refractivity contribution in [3.8, 4) is 0 Å². The minimum Gasteiger partial charge on any atom is -0.389 e. The number of anilines is 1. The smallest absolute Gasteiger partial charge is 0.235 e. The zero-order valence-corrected chi connectivity index (χ0v) is 13.3. The number of sulfone groups is 1. The Morgan fingerprint density at radius 1 is 1.29 bits per heavy atom. The SMILES string of the molecule is CC(O)c1cccc(NS(=O)(=O)C2CCS(=O)(=O)CC2)c1. The maximum Gasteiger partial charge on any atom is 0.235 e. The van der Waals surface area contributed by atoms with Gasteiger partial charge in [0.1, 0.15) is 9.84 Å². The van der Waals surface area contributed by atoms with Crippen molar-refractivity contribution in [3.05, 3.63) is 29.8 Å². The van der Waals surface area contributed by atoms with Gasteiger partial charge >= 0.3 is 0 Å². The van der Waals surface area contributed by atoms with E-state index in [9.17, 15) is 21.9 Å². The van der Waals surface area contributed by atoms with Crippen LogP contribution in [-0.4, -0.2) is 38.7 Å². The van der Waals surface area contributed by atoms with Crippen molar-refractivity contribution >= 4 is 25.5 Å². The van der Waals surface area contributed by atoms with Crippen molar-refractivity contribution < 1.29 is 21.9 Å². The van der Waals surface area contributed by atoms with Crippen molar-refractivity contribution in [2.75, 3.05) is 16.2 Å². The molecule has 1 aliphatic heterocycles. The van der Waals surface area contributed by atoms with E-state index in [0.29, 0.717) is 11.3 Å². The van der Waals surface area contributed by atoms with Crippen molar-refractivity contribution in [1.82, 2.24) is 0 Å². The van der Waals surface area contributed by atoms with Crippen LogP contribution in [0.1, 0.15) is 31.4 Å². The highest BCUT2D eigenvalue weighted by Crippen LogP contribution is 2.23. The third kappa shape index (κ3) is 4.18. The summed E-state index contributed by atoms with van der Waals surface area (Å²) >= 11 is 0. The monoisotopic (exact) mass is 333 g/mol. The largest absolute Gasteiger partial charge is 0.389 e. The van der Waals surface area contributed by atoms with Crippen LogP contribution in [0.15, 0.2) is 24.3 Å². The molecule has 21 heavy (non-hydrogen) atoms. The lowest BCUT2D eigenvalue weighted by Gasteiger charge is -2.22. The Balaban J connectivity index is 2.13. The summed E-state index contributed by atoms with van der Waals surface area (Å²) in [5, 5.41) is 8.81. The van der Waals surface area contributed by atoms with Crippen LogP contribution < -0.4 is 4.72 Å². The number of benzene rings is 1. The Morgan fingerprint density at radius 2 is 1.90 bits per heavy atom. The Labute approximate surface area is 125 Å². The molecule has 0 aromatic heterocycles. The molecule has 1 fully saturated rings. The third-order valence-corrected chi connectivity index (χ3v) is 7.15. The fourth-order valence-corrected chi connectivity index (χ4v) is 5.56. The molecule has 8 heteroatoms. The molecule has 6 nitrogen and oxygen atoms in total. The van der Waals surface area contributed by atoms with E-state index in [2.05, 4.69) is 4.72 Å². The molecular formula is C13H19NO5S2. The summed E-state index contributed by atoms with van der Waals surface area (Å²) < 4.78 is 49.8. The summed E-state index contributed by atoms with van der Waals surface area (Å²) in [6.45, 7) is 1.60. The molecule has 0 bridgehead atoms. The molecule has 0 amide bonds. The minimum atomic E-state index is -3.63. The predicted octanol–water partition coefficient (Wildman–Crippen LogP) is 1.06. The summed E-state index contributed by atoms with van der Waals surface area (Å²) in [5.74, 6) is -0.182. The van der Waals surface area contributed by atoms with E-state index in [1.54, 1.807) is 31.2 Å². The van der Waals surface area contributed by atoms with Crippen LogP contribution >= 0.6 is 0 Å². The van der Waals surface area contributed by atoms with E-state index in [0.717, 1.165) is 0 Å². The van der Waals surface area contributed by atoms with Gasteiger partial charge in [0.2, 0.25) is 10.0 Å². The molecular weight excluding hydrogens is 314 g/mol. The molecule has 1 heterocycles. The topological polar surface area (TPSA) is 101 Å². The summed E-state index contributed by atoms with van der Waals surface area (Å²) in [5.41, 5.74) is 0.989. The lowest BCUT2D eigenvalue weighted by atomic mass is 10.1. The molecule has 2 rings (SSSR count). The van der Waals surface area contributed by atoms with Crippen molar-refractivity contribution in [3.63, 3.8) is 0 Å². The molecule has 118 valence electrons. The minimum absolute atomic E-state index is 0.0910. The standard InChI is InChI=1S/C13H19NO5S2/c1-10(15)11-3-2-4-12(9-11)14-21(18,19)13-5-7-20(16,17)8-6-13/h2-4,9-10,13-15H,5-8H2,1H3. The second-order valence-corrected chi connectivity index (χ2v) is 9.56. The molecule has 1 aromatic rings. The second kappa shape index (κ2) is 5.94. The van der Waals surface area contributed by atoms with Gasteiger partial charge in [0.15, 0.2) is 0 Å². The van der Waals surface area contributed by atoms with E-state index in [1.165, 1.54) is 0 Å². The fourth-order valence-electron chi connectivity index (χ4n) is 2.29. The van der Waals surface area contributed by atoms with Gasteiger partial charge in [-0.2, -0.15) is 0 Å². The number of hydrogen-bond acceptors (Lipinski definition) is 5. The summed E-state index contributed by atoms with van der Waals surface area (Å²) in [7, 11) is -6.72. The summed E-state index contributed by atoms with van der Waals surface area (Å²) in [4.78, 5) is 0.